The number of hydrogen-bond donors (Lipinski definition) is 2. The molecule has 0 saturated carbocycles. The van der Waals surface area contributed by atoms with Gasteiger partial charge in [0, 0.05) is 16.1 Å². The summed E-state index contributed by atoms with van der Waals surface area (Å²) in [5.74, 6) is -4.44. The maximum Gasteiger partial charge on any atom is 0.408 e. The number of cyclic esters (lactones) is 1. The number of carbonyl (C=O) groups is 1. The predicted octanol–water partition coefficient (Wildman–Crippen LogP) is 2.90. The van der Waals surface area contributed by atoms with Crippen LogP contribution in [-0.4, -0.2) is 28.7 Å². The van der Waals surface area contributed by atoms with Gasteiger partial charge in [0.05, 0.1) is 4.92 Å². The van der Waals surface area contributed by atoms with E-state index in [9.17, 15) is 28.8 Å². The lowest BCUT2D eigenvalue weighted by atomic mass is 9.98. The van der Waals surface area contributed by atoms with Gasteiger partial charge >= 0.3 is 17.7 Å². The zero-order valence-corrected chi connectivity index (χ0v) is 12.4. The van der Waals surface area contributed by atoms with Crippen molar-refractivity contribution in [1.82, 2.24) is 5.32 Å². The van der Waals surface area contributed by atoms with Crippen molar-refractivity contribution < 1.29 is 28.3 Å². The second-order valence-electron chi connectivity index (χ2n) is 4.03. The van der Waals surface area contributed by atoms with Gasteiger partial charge in [-0.2, -0.15) is 0 Å². The third kappa shape index (κ3) is 3.32. The van der Waals surface area contributed by atoms with Crippen LogP contribution >= 0.6 is 28.3 Å². The molecule has 1 heterocycles. The van der Waals surface area contributed by atoms with Gasteiger partial charge in [-0.25, -0.2) is 13.6 Å². The summed E-state index contributed by atoms with van der Waals surface area (Å²) in [6.07, 6.45) is -1.09. The van der Waals surface area contributed by atoms with Crippen LogP contribution in [0.5, 0.6) is 5.75 Å². The molecule has 1 fully saturated rings. The molecule has 0 radical (unpaired) electrons. The number of phenols is 1. The Morgan fingerprint density at radius 2 is 2.14 bits per heavy atom. The van der Waals surface area contributed by atoms with Crippen molar-refractivity contribution in [2.75, 3.05) is 6.61 Å². The molecule has 0 spiro atoms. The molecule has 1 saturated heterocycles. The van der Waals surface area contributed by atoms with Gasteiger partial charge in [-0.05, 0) is 6.07 Å². The van der Waals surface area contributed by atoms with Gasteiger partial charge in [-0.15, -0.1) is 12.4 Å². The summed E-state index contributed by atoms with van der Waals surface area (Å²) in [5.41, 5.74) is -1.21. The van der Waals surface area contributed by atoms with E-state index in [2.05, 4.69) is 20.7 Å². The molecular weight excluding hydrogens is 381 g/mol. The van der Waals surface area contributed by atoms with E-state index in [1.165, 1.54) is 0 Å². The molecule has 0 aliphatic carbocycles. The van der Waals surface area contributed by atoms with Crippen LogP contribution in [0.25, 0.3) is 0 Å². The van der Waals surface area contributed by atoms with Gasteiger partial charge in [-0.1, -0.05) is 15.9 Å². The summed E-state index contributed by atoms with van der Waals surface area (Å²) in [6.45, 7) is -1.18. The van der Waals surface area contributed by atoms with Crippen molar-refractivity contribution in [3.05, 3.63) is 32.3 Å². The van der Waals surface area contributed by atoms with Gasteiger partial charge in [0.15, 0.2) is 12.4 Å². The average molecular weight is 390 g/mol. The number of nitro groups is 1. The standard InChI is InChI=1S/C10H7BrF2N2O5.ClH/c11-4-1-5(7(16)6(2-4)15(18)19)8-10(12,13)3-20-9(17)14-8;/h1-2,8,16H,3H2,(H,14,17);1H/t8-;/m1./s1. The minimum absolute atomic E-state index is 0. The van der Waals surface area contributed by atoms with Gasteiger partial charge in [0.25, 0.3) is 0 Å². The summed E-state index contributed by atoms with van der Waals surface area (Å²) in [4.78, 5) is 20.9. The molecule has 1 aliphatic heterocycles. The molecule has 2 N–H and O–H groups in total. The SMILES string of the molecule is Cl.O=C1N[C@H](c2cc(Br)cc([N+](=O)[O-])c2O)C(F)(F)CO1. The average Bonchev–Trinajstić information content (AvgIpc) is 2.34. The molecule has 1 aromatic carbocycles. The van der Waals surface area contributed by atoms with Crippen molar-refractivity contribution in [3.8, 4) is 5.75 Å². The number of ether oxygens (including phenoxy) is 1. The Balaban J connectivity index is 0.00000220. The minimum atomic E-state index is -3.51. The first-order chi connectivity index (χ1) is 9.22. The number of nitrogens with one attached hydrogen (secondary N) is 1. The normalized spacial score (nSPS) is 20.0. The fourth-order valence-electron chi connectivity index (χ4n) is 1.78. The highest BCUT2D eigenvalue weighted by atomic mass is 79.9. The van der Waals surface area contributed by atoms with E-state index in [0.29, 0.717) is 0 Å². The van der Waals surface area contributed by atoms with E-state index >= 15 is 0 Å². The lowest BCUT2D eigenvalue weighted by Gasteiger charge is -2.32. The van der Waals surface area contributed by atoms with Gasteiger partial charge in [-0.3, -0.25) is 10.1 Å². The number of alkyl carbamates (subject to hydrolysis) is 1. The maximum absolute atomic E-state index is 13.7. The third-order valence-corrected chi connectivity index (χ3v) is 3.13. The van der Waals surface area contributed by atoms with Crippen LogP contribution in [-0.2, 0) is 4.74 Å². The van der Waals surface area contributed by atoms with Gasteiger partial charge in [0.1, 0.15) is 6.04 Å². The molecule has 1 amide bonds. The molecule has 11 heteroatoms. The number of benzene rings is 1. The molecule has 0 bridgehead atoms. The second-order valence-corrected chi connectivity index (χ2v) is 4.95. The Bertz CT molecular complexity index is 601. The van der Waals surface area contributed by atoms with Crippen LogP contribution in [0.15, 0.2) is 16.6 Å². The number of rotatable bonds is 2. The Morgan fingerprint density at radius 1 is 1.52 bits per heavy atom. The highest BCUT2D eigenvalue weighted by Crippen LogP contribution is 2.43. The minimum Gasteiger partial charge on any atom is -0.502 e. The van der Waals surface area contributed by atoms with E-state index < -0.39 is 46.6 Å². The van der Waals surface area contributed by atoms with E-state index in [0.717, 1.165) is 12.1 Å². The fraction of sp³-hybridized carbons (Fsp3) is 0.300. The first-order valence-electron chi connectivity index (χ1n) is 5.20. The van der Waals surface area contributed by atoms with Crippen molar-refractivity contribution in [3.63, 3.8) is 0 Å². The van der Waals surface area contributed by atoms with Crippen molar-refractivity contribution in [2.24, 2.45) is 0 Å². The monoisotopic (exact) mass is 388 g/mol. The third-order valence-electron chi connectivity index (χ3n) is 2.67. The lowest BCUT2D eigenvalue weighted by molar-refractivity contribution is -0.386. The van der Waals surface area contributed by atoms with E-state index in [1.54, 1.807) is 0 Å². The first kappa shape index (κ1) is 17.4. The van der Waals surface area contributed by atoms with E-state index in [4.69, 9.17) is 0 Å². The second kappa shape index (κ2) is 5.98. The largest absolute Gasteiger partial charge is 0.502 e. The number of alkyl halides is 2. The summed E-state index contributed by atoms with van der Waals surface area (Å²) in [5, 5.41) is 22.4. The van der Waals surface area contributed by atoms with Crippen LogP contribution in [0.3, 0.4) is 0 Å². The van der Waals surface area contributed by atoms with Crippen LogP contribution in [0, 0.1) is 10.1 Å². The Labute approximate surface area is 131 Å². The number of amides is 1. The molecule has 116 valence electrons. The molecular formula is C10H8BrClF2N2O5. The van der Waals surface area contributed by atoms with Crippen molar-refractivity contribution in [1.29, 1.82) is 0 Å². The maximum atomic E-state index is 13.7. The zero-order chi connectivity index (χ0) is 15.1. The number of aromatic hydroxyl groups is 1. The fourth-order valence-corrected chi connectivity index (χ4v) is 2.24. The number of nitro benzene ring substituents is 1. The number of nitrogens with zero attached hydrogens (tertiary/aromatic N) is 1. The molecule has 1 aromatic rings. The van der Waals surface area contributed by atoms with E-state index in [1.807, 2.05) is 5.32 Å². The first-order valence-corrected chi connectivity index (χ1v) is 5.99. The summed E-state index contributed by atoms with van der Waals surface area (Å²) in [6, 6.07) is 0.130. The number of hydrogen-bond acceptors (Lipinski definition) is 5. The molecule has 1 atom stereocenters. The molecule has 1 aliphatic rings. The van der Waals surface area contributed by atoms with Crippen LogP contribution in [0.4, 0.5) is 19.3 Å². The molecule has 0 aromatic heterocycles. The summed E-state index contributed by atoms with van der Waals surface area (Å²) in [7, 11) is 0. The van der Waals surface area contributed by atoms with Crippen molar-refractivity contribution >= 4 is 40.1 Å². The summed E-state index contributed by atoms with van der Waals surface area (Å²) >= 11 is 2.93. The molecule has 0 unspecified atom stereocenters. The smallest absolute Gasteiger partial charge is 0.408 e. The highest BCUT2D eigenvalue weighted by molar-refractivity contribution is 9.10. The highest BCUT2D eigenvalue weighted by Gasteiger charge is 2.48. The predicted molar refractivity (Wildman–Crippen MR) is 71.9 cm³/mol. The van der Waals surface area contributed by atoms with Crippen molar-refractivity contribution in [2.45, 2.75) is 12.0 Å². The molecule has 21 heavy (non-hydrogen) atoms. The topological polar surface area (TPSA) is 102 Å². The van der Waals surface area contributed by atoms with E-state index in [-0.39, 0.29) is 16.9 Å². The van der Waals surface area contributed by atoms with Gasteiger partial charge < -0.3 is 15.2 Å². The number of phenolic OH excluding ortho intramolecular Hbond substituents is 1. The Hall–Kier alpha value is -1.68. The summed E-state index contributed by atoms with van der Waals surface area (Å²) < 4.78 is 31.8. The van der Waals surface area contributed by atoms with Crippen LogP contribution < -0.4 is 5.32 Å². The van der Waals surface area contributed by atoms with Crippen LogP contribution in [0.2, 0.25) is 0 Å². The number of carbonyl (C=O) groups excluding carboxylic acids is 1. The van der Waals surface area contributed by atoms with Crippen LogP contribution in [0.1, 0.15) is 11.6 Å². The Kier molecular flexibility index (Phi) is 4.95. The molecule has 2 rings (SSSR count). The zero-order valence-electron chi connectivity index (χ0n) is 10.0. The lowest BCUT2D eigenvalue weighted by Crippen LogP contribution is -2.49. The van der Waals surface area contributed by atoms with Gasteiger partial charge in [0.2, 0.25) is 0 Å². The molecule has 7 nitrogen and oxygen atoms in total. The number of halogens is 4. The Morgan fingerprint density at radius 3 is 2.71 bits per heavy atom. The quantitative estimate of drug-likeness (QED) is 0.598.